The Morgan fingerprint density at radius 2 is 1.77 bits per heavy atom. The fourth-order valence-corrected chi connectivity index (χ4v) is 2.23. The van der Waals surface area contributed by atoms with E-state index in [1.807, 2.05) is 0 Å². The quantitative estimate of drug-likeness (QED) is 0.727. The summed E-state index contributed by atoms with van der Waals surface area (Å²) in [7, 11) is 3.05. The highest BCUT2D eigenvalue weighted by Crippen LogP contribution is 2.25. The lowest BCUT2D eigenvalue weighted by Gasteiger charge is -2.09. The second-order valence-electron chi connectivity index (χ2n) is 5.30. The zero-order chi connectivity index (χ0) is 18.5. The van der Waals surface area contributed by atoms with E-state index in [2.05, 4.69) is 20.7 Å². The monoisotopic (exact) mass is 357 g/mol. The smallest absolute Gasteiger partial charge is 0.248 e. The zero-order valence-corrected chi connectivity index (χ0v) is 14.1. The molecule has 0 unspecified atom stereocenters. The molecule has 0 saturated carbocycles. The van der Waals surface area contributed by atoms with Crippen LogP contribution in [0, 0.1) is 5.82 Å². The number of hydrogen-bond donors (Lipinski definition) is 1. The van der Waals surface area contributed by atoms with Crippen molar-refractivity contribution in [3.05, 3.63) is 48.3 Å². The van der Waals surface area contributed by atoms with Crippen molar-refractivity contribution >= 4 is 11.6 Å². The van der Waals surface area contributed by atoms with Gasteiger partial charge in [-0.25, -0.2) is 4.39 Å². The Morgan fingerprint density at radius 1 is 1.12 bits per heavy atom. The van der Waals surface area contributed by atoms with Crippen LogP contribution in [0.25, 0.3) is 11.4 Å². The number of anilines is 1. The molecule has 0 fully saturated rings. The highest BCUT2D eigenvalue weighted by Gasteiger charge is 2.11. The first-order valence-corrected chi connectivity index (χ1v) is 7.64. The number of methoxy groups -OCH3 is 2. The summed E-state index contributed by atoms with van der Waals surface area (Å²) in [5, 5.41) is 14.5. The number of nitrogens with zero attached hydrogens (tertiary/aromatic N) is 4. The van der Waals surface area contributed by atoms with Gasteiger partial charge >= 0.3 is 0 Å². The third-order valence-electron chi connectivity index (χ3n) is 3.48. The van der Waals surface area contributed by atoms with Crippen LogP contribution in [0.1, 0.15) is 0 Å². The highest BCUT2D eigenvalue weighted by atomic mass is 19.1. The summed E-state index contributed by atoms with van der Waals surface area (Å²) in [6, 6.07) is 10.7. The molecule has 0 aliphatic heterocycles. The van der Waals surface area contributed by atoms with Crippen LogP contribution in [0.5, 0.6) is 11.5 Å². The molecular formula is C17H16FN5O3. The van der Waals surface area contributed by atoms with Gasteiger partial charge < -0.3 is 14.8 Å². The summed E-state index contributed by atoms with van der Waals surface area (Å²) in [5.74, 6) is 0.715. The van der Waals surface area contributed by atoms with Crippen molar-refractivity contribution in [3.63, 3.8) is 0 Å². The van der Waals surface area contributed by atoms with Gasteiger partial charge in [-0.15, -0.1) is 10.2 Å². The molecule has 26 heavy (non-hydrogen) atoms. The van der Waals surface area contributed by atoms with Crippen molar-refractivity contribution in [3.8, 4) is 22.9 Å². The first-order valence-electron chi connectivity index (χ1n) is 7.64. The number of rotatable bonds is 6. The first kappa shape index (κ1) is 17.3. The van der Waals surface area contributed by atoms with Crippen LogP contribution in [0.3, 0.4) is 0 Å². The molecular weight excluding hydrogens is 341 g/mol. The minimum Gasteiger partial charge on any atom is -0.497 e. The lowest BCUT2D eigenvalue weighted by Crippen LogP contribution is -2.20. The van der Waals surface area contributed by atoms with Gasteiger partial charge in [0.25, 0.3) is 0 Å². The lowest BCUT2D eigenvalue weighted by atomic mass is 10.2. The standard InChI is InChI=1S/C17H16FN5O3/c1-25-14-7-13(8-15(9-14)26-2)19-16(24)10-23-21-17(20-22-23)11-3-5-12(18)6-4-11/h3-9H,10H2,1-2H3,(H,19,24). The summed E-state index contributed by atoms with van der Waals surface area (Å²) >= 11 is 0. The number of aromatic nitrogens is 4. The molecule has 3 aromatic rings. The number of benzene rings is 2. The maximum Gasteiger partial charge on any atom is 0.248 e. The van der Waals surface area contributed by atoms with Gasteiger partial charge in [0.05, 0.1) is 14.2 Å². The van der Waals surface area contributed by atoms with E-state index in [-0.39, 0.29) is 18.3 Å². The van der Waals surface area contributed by atoms with Crippen molar-refractivity contribution in [2.24, 2.45) is 0 Å². The fourth-order valence-electron chi connectivity index (χ4n) is 2.23. The number of nitrogens with one attached hydrogen (secondary N) is 1. The van der Waals surface area contributed by atoms with Gasteiger partial charge in [0.2, 0.25) is 11.7 Å². The van der Waals surface area contributed by atoms with E-state index in [4.69, 9.17) is 9.47 Å². The number of amides is 1. The predicted molar refractivity (Wildman–Crippen MR) is 91.4 cm³/mol. The SMILES string of the molecule is COc1cc(NC(=O)Cn2nnc(-c3ccc(F)cc3)n2)cc(OC)c1. The van der Waals surface area contributed by atoms with Gasteiger partial charge in [0.1, 0.15) is 23.9 Å². The Morgan fingerprint density at radius 3 is 2.38 bits per heavy atom. The molecule has 2 aromatic carbocycles. The van der Waals surface area contributed by atoms with Crippen molar-refractivity contribution in [2.75, 3.05) is 19.5 Å². The van der Waals surface area contributed by atoms with E-state index in [9.17, 15) is 9.18 Å². The minimum absolute atomic E-state index is 0.131. The van der Waals surface area contributed by atoms with Crippen molar-refractivity contribution in [2.45, 2.75) is 6.54 Å². The van der Waals surface area contributed by atoms with E-state index >= 15 is 0 Å². The summed E-state index contributed by atoms with van der Waals surface area (Å²) in [4.78, 5) is 13.4. The molecule has 0 aliphatic rings. The van der Waals surface area contributed by atoms with Gasteiger partial charge in [-0.05, 0) is 29.5 Å². The van der Waals surface area contributed by atoms with Crippen molar-refractivity contribution in [1.29, 1.82) is 0 Å². The molecule has 0 atom stereocenters. The van der Waals surface area contributed by atoms with E-state index in [1.165, 1.54) is 26.4 Å². The second kappa shape index (κ2) is 7.60. The molecule has 0 aliphatic carbocycles. The van der Waals surface area contributed by atoms with Crippen molar-refractivity contribution in [1.82, 2.24) is 20.2 Å². The van der Waals surface area contributed by atoms with E-state index in [1.54, 1.807) is 30.3 Å². The molecule has 134 valence electrons. The van der Waals surface area contributed by atoms with Crippen LogP contribution < -0.4 is 14.8 Å². The van der Waals surface area contributed by atoms with Gasteiger partial charge in [0.15, 0.2) is 0 Å². The van der Waals surface area contributed by atoms with Crippen LogP contribution in [-0.4, -0.2) is 40.3 Å². The van der Waals surface area contributed by atoms with Crippen LogP contribution in [-0.2, 0) is 11.3 Å². The average Bonchev–Trinajstić information content (AvgIpc) is 3.10. The number of tetrazole rings is 1. The van der Waals surface area contributed by atoms with Gasteiger partial charge in [-0.2, -0.15) is 4.80 Å². The summed E-state index contributed by atoms with van der Waals surface area (Å²) < 4.78 is 23.3. The van der Waals surface area contributed by atoms with Crippen LogP contribution in [0.4, 0.5) is 10.1 Å². The topological polar surface area (TPSA) is 91.2 Å². The van der Waals surface area contributed by atoms with E-state index in [0.29, 0.717) is 28.6 Å². The summed E-state index contributed by atoms with van der Waals surface area (Å²) in [6.07, 6.45) is 0. The Hall–Kier alpha value is -3.49. The third kappa shape index (κ3) is 4.12. The van der Waals surface area contributed by atoms with Gasteiger partial charge in [-0.3, -0.25) is 4.79 Å². The molecule has 3 rings (SSSR count). The molecule has 8 nitrogen and oxygen atoms in total. The maximum atomic E-state index is 13.0. The number of carbonyl (C=O) groups is 1. The Balaban J connectivity index is 1.68. The zero-order valence-electron chi connectivity index (χ0n) is 14.1. The van der Waals surface area contributed by atoms with Gasteiger partial charge in [-0.1, -0.05) is 0 Å². The first-order chi connectivity index (χ1) is 12.6. The fraction of sp³-hybridized carbons (Fsp3) is 0.176. The average molecular weight is 357 g/mol. The number of hydrogen-bond acceptors (Lipinski definition) is 6. The van der Waals surface area contributed by atoms with Gasteiger partial charge in [0, 0.05) is 29.4 Å². The normalized spacial score (nSPS) is 10.4. The molecule has 1 aromatic heterocycles. The predicted octanol–water partition coefficient (Wildman–Crippen LogP) is 2.14. The van der Waals surface area contributed by atoms with E-state index in [0.717, 1.165) is 4.80 Å². The Labute approximate surface area is 148 Å². The number of halogens is 1. The Kier molecular flexibility index (Phi) is 5.07. The molecule has 0 radical (unpaired) electrons. The molecule has 1 amide bonds. The molecule has 0 bridgehead atoms. The maximum absolute atomic E-state index is 13.0. The summed E-state index contributed by atoms with van der Waals surface area (Å²) in [6.45, 7) is -0.131. The number of carbonyl (C=O) groups excluding carboxylic acids is 1. The van der Waals surface area contributed by atoms with Crippen molar-refractivity contribution < 1.29 is 18.7 Å². The number of ether oxygens (including phenoxy) is 2. The van der Waals surface area contributed by atoms with Crippen LogP contribution >= 0.6 is 0 Å². The molecule has 0 spiro atoms. The largest absolute Gasteiger partial charge is 0.497 e. The van der Waals surface area contributed by atoms with Crippen LogP contribution in [0.15, 0.2) is 42.5 Å². The Bertz CT molecular complexity index is 889. The third-order valence-corrected chi connectivity index (χ3v) is 3.48. The summed E-state index contributed by atoms with van der Waals surface area (Å²) in [5.41, 5.74) is 1.13. The lowest BCUT2D eigenvalue weighted by molar-refractivity contribution is -0.117. The highest BCUT2D eigenvalue weighted by molar-refractivity contribution is 5.90. The molecule has 9 heteroatoms. The molecule has 1 N–H and O–H groups in total. The second-order valence-corrected chi connectivity index (χ2v) is 5.30. The molecule has 0 saturated heterocycles. The molecule has 1 heterocycles. The van der Waals surface area contributed by atoms with E-state index < -0.39 is 0 Å². The minimum atomic E-state index is -0.353. The van der Waals surface area contributed by atoms with Crippen LogP contribution in [0.2, 0.25) is 0 Å².